The van der Waals surface area contributed by atoms with Gasteiger partial charge in [0.2, 0.25) is 11.7 Å². The number of ketones is 2. The molecule has 0 aromatic heterocycles. The molecule has 2 aliphatic heterocycles. The number of rotatable bonds is 12. The molecule has 54 heavy (non-hydrogen) atoms. The zero-order chi connectivity index (χ0) is 39.1. The molecule has 17 nitrogen and oxygen atoms in total. The number of phenols is 2. The molecule has 4 unspecified atom stereocenters. The van der Waals surface area contributed by atoms with Gasteiger partial charge in [-0.05, 0) is 25.8 Å². The molecule has 2 aromatic carbocycles. The van der Waals surface area contributed by atoms with E-state index >= 15 is 0 Å². The van der Waals surface area contributed by atoms with Crippen molar-refractivity contribution < 1.29 is 63.7 Å². The highest BCUT2D eigenvalue weighted by atomic mass is 16.7. The monoisotopic (exact) mass is 750 g/mol. The third-order valence-corrected chi connectivity index (χ3v) is 10.3. The number of hydrogen-bond donors (Lipinski definition) is 7. The number of unbranched alkanes of at least 4 members (excludes halogenated alkanes) is 2. The summed E-state index contributed by atoms with van der Waals surface area (Å²) in [5, 5.41) is 60.5. The minimum Gasteiger partial charge on any atom is -0.507 e. The average molecular weight is 751 g/mol. The van der Waals surface area contributed by atoms with E-state index in [0.717, 1.165) is 4.90 Å². The number of carbonyl (C=O) groups excluding carboxylic acids is 5. The number of carbonyl (C=O) groups is 5. The Morgan fingerprint density at radius 1 is 1.06 bits per heavy atom. The van der Waals surface area contributed by atoms with Crippen molar-refractivity contribution in [2.75, 3.05) is 20.3 Å². The van der Waals surface area contributed by atoms with Gasteiger partial charge in [0.25, 0.3) is 11.8 Å². The van der Waals surface area contributed by atoms with Gasteiger partial charge < -0.3 is 45.5 Å². The van der Waals surface area contributed by atoms with E-state index in [-0.39, 0.29) is 53.1 Å². The number of aliphatic hydroxyl groups excluding tert-OH is 2. The SMILES string of the molecule is COc1cccc2c1C(=O)c1c(O)c3c(c(O)c1C2=O)C[C@@](O)(C(CO)=NNC(=O)CCCCCN1C(=O)C=CC1=O)C[C@@H]3OC1CC(N)C(O)C(C)O1. The molecule has 0 spiro atoms. The molecule has 0 bridgehead atoms. The first-order valence-electron chi connectivity index (χ1n) is 17.5. The minimum absolute atomic E-state index is 0.0120. The molecular weight excluding hydrogens is 708 g/mol. The van der Waals surface area contributed by atoms with E-state index in [1.165, 1.54) is 37.5 Å². The maximum Gasteiger partial charge on any atom is 0.253 e. The molecule has 3 amide bonds. The summed E-state index contributed by atoms with van der Waals surface area (Å²) in [6.07, 6.45) is -1.56. The van der Waals surface area contributed by atoms with Gasteiger partial charge >= 0.3 is 0 Å². The lowest BCUT2D eigenvalue weighted by atomic mass is 9.71. The van der Waals surface area contributed by atoms with Crippen LogP contribution in [0, 0.1) is 0 Å². The number of aliphatic hydroxyl groups is 3. The summed E-state index contributed by atoms with van der Waals surface area (Å²) in [6, 6.07) is 3.57. The normalized spacial score (nSPS) is 26.4. The first-order chi connectivity index (χ1) is 25.7. The van der Waals surface area contributed by atoms with Gasteiger partial charge in [-0.1, -0.05) is 18.6 Å². The molecule has 2 heterocycles. The third kappa shape index (κ3) is 7.01. The summed E-state index contributed by atoms with van der Waals surface area (Å²) in [7, 11) is 1.32. The topological polar surface area (TPSA) is 268 Å². The number of aromatic hydroxyl groups is 2. The molecular formula is C37H42N4O13. The number of methoxy groups -OCH3 is 1. The van der Waals surface area contributed by atoms with Crippen molar-refractivity contribution in [1.82, 2.24) is 10.3 Å². The minimum atomic E-state index is -2.16. The van der Waals surface area contributed by atoms with Crippen LogP contribution in [0.2, 0.25) is 0 Å². The second-order valence-corrected chi connectivity index (χ2v) is 13.8. The number of ether oxygens (including phenoxy) is 3. The zero-order valence-corrected chi connectivity index (χ0v) is 29.6. The van der Waals surface area contributed by atoms with Crippen LogP contribution in [0.5, 0.6) is 17.2 Å². The Bertz CT molecular complexity index is 1930. The smallest absolute Gasteiger partial charge is 0.253 e. The fourth-order valence-corrected chi connectivity index (χ4v) is 7.47. The summed E-state index contributed by atoms with van der Waals surface area (Å²) in [4.78, 5) is 65.1. The van der Waals surface area contributed by atoms with Gasteiger partial charge in [-0.2, -0.15) is 5.10 Å². The van der Waals surface area contributed by atoms with Crippen molar-refractivity contribution in [3.8, 4) is 17.2 Å². The number of fused-ring (bicyclic) bond motifs is 3. The molecule has 2 aromatic rings. The van der Waals surface area contributed by atoms with Crippen LogP contribution in [0.3, 0.4) is 0 Å². The number of nitrogens with two attached hydrogens (primary N) is 1. The van der Waals surface area contributed by atoms with E-state index in [9.17, 15) is 49.5 Å². The highest BCUT2D eigenvalue weighted by Gasteiger charge is 2.49. The fourth-order valence-electron chi connectivity index (χ4n) is 7.47. The second kappa shape index (κ2) is 15.4. The lowest BCUT2D eigenvalue weighted by Crippen LogP contribution is -2.53. The summed E-state index contributed by atoms with van der Waals surface area (Å²) in [5.74, 6) is -4.25. The van der Waals surface area contributed by atoms with E-state index < -0.39 is 108 Å². The molecule has 288 valence electrons. The number of amides is 3. The Balaban J connectivity index is 1.29. The molecule has 0 radical (unpaired) electrons. The Morgan fingerprint density at radius 2 is 1.76 bits per heavy atom. The molecule has 4 aliphatic rings. The molecule has 2 aliphatic carbocycles. The van der Waals surface area contributed by atoms with Crippen molar-refractivity contribution in [2.24, 2.45) is 10.8 Å². The summed E-state index contributed by atoms with van der Waals surface area (Å²) in [5.41, 5.74) is 4.46. The van der Waals surface area contributed by atoms with Crippen LogP contribution in [0.15, 0.2) is 35.5 Å². The van der Waals surface area contributed by atoms with Gasteiger partial charge in [0.1, 0.15) is 22.8 Å². The number of nitrogens with one attached hydrogen (secondary N) is 1. The Morgan fingerprint density at radius 3 is 2.43 bits per heavy atom. The molecule has 1 saturated heterocycles. The number of nitrogens with zero attached hydrogens (tertiary/aromatic N) is 2. The Kier molecular flexibility index (Phi) is 11.0. The highest BCUT2D eigenvalue weighted by Crippen LogP contribution is 2.52. The highest BCUT2D eigenvalue weighted by molar-refractivity contribution is 6.31. The number of benzene rings is 2. The van der Waals surface area contributed by atoms with Crippen LogP contribution < -0.4 is 15.9 Å². The lowest BCUT2D eigenvalue weighted by molar-refractivity contribution is -0.245. The van der Waals surface area contributed by atoms with Gasteiger partial charge in [0.15, 0.2) is 12.1 Å². The van der Waals surface area contributed by atoms with Gasteiger partial charge in [-0.15, -0.1) is 0 Å². The maximum atomic E-state index is 14.0. The first-order valence-corrected chi connectivity index (χ1v) is 17.5. The lowest BCUT2D eigenvalue weighted by Gasteiger charge is -2.43. The molecule has 6 rings (SSSR count). The van der Waals surface area contributed by atoms with Crippen LogP contribution in [-0.4, -0.2) is 116 Å². The Hall–Kier alpha value is -5.04. The molecule has 6 atom stereocenters. The first kappa shape index (κ1) is 38.7. The van der Waals surface area contributed by atoms with Crippen molar-refractivity contribution in [3.05, 3.63) is 63.7 Å². The summed E-state index contributed by atoms with van der Waals surface area (Å²) >= 11 is 0. The van der Waals surface area contributed by atoms with Gasteiger partial charge in [-0.25, -0.2) is 5.43 Å². The second-order valence-electron chi connectivity index (χ2n) is 13.8. The maximum absolute atomic E-state index is 14.0. The van der Waals surface area contributed by atoms with Crippen LogP contribution in [0.25, 0.3) is 0 Å². The van der Waals surface area contributed by atoms with E-state index in [4.69, 9.17) is 19.9 Å². The van der Waals surface area contributed by atoms with E-state index in [1.807, 2.05) is 0 Å². The average Bonchev–Trinajstić information content (AvgIpc) is 3.46. The number of imide groups is 1. The largest absolute Gasteiger partial charge is 0.507 e. The fraction of sp³-hybridized carbons (Fsp3) is 0.459. The van der Waals surface area contributed by atoms with Crippen LogP contribution >= 0.6 is 0 Å². The van der Waals surface area contributed by atoms with Crippen molar-refractivity contribution in [3.63, 3.8) is 0 Å². The van der Waals surface area contributed by atoms with Crippen LogP contribution in [0.4, 0.5) is 0 Å². The predicted molar refractivity (Wildman–Crippen MR) is 187 cm³/mol. The van der Waals surface area contributed by atoms with E-state index in [1.54, 1.807) is 6.92 Å². The predicted octanol–water partition coefficient (Wildman–Crippen LogP) is 0.390. The number of hydrazone groups is 1. The number of phenolic OH excluding ortho intramolecular Hbond substituents is 2. The summed E-state index contributed by atoms with van der Waals surface area (Å²) in [6.45, 7) is 0.910. The molecule has 1 fully saturated rings. The standard InChI is InChI=1S/C37H42N4O13/c1-17-32(46)20(38)13-27(53-17)54-22-15-37(51,23(16-42)39-40-24(43)9-4-3-5-12-41-25(44)10-11-26(41)45)14-19-29(22)36(50)31-30(34(19)48)33(47)18-7-6-8-21(52-2)28(18)35(31)49/h6-8,10-11,17,20,22,27,32,42,46,48,50-51H,3-5,9,12-16,38H2,1-2H3,(H,40,43)/t17?,20?,22-,27?,32?,37-/m0/s1. The van der Waals surface area contributed by atoms with Gasteiger partial charge in [0.05, 0.1) is 54.4 Å². The molecule has 0 saturated carbocycles. The third-order valence-electron chi connectivity index (χ3n) is 10.3. The van der Waals surface area contributed by atoms with Crippen molar-refractivity contribution >= 4 is 35.0 Å². The van der Waals surface area contributed by atoms with Gasteiger partial charge in [0, 0.05) is 67.1 Å². The van der Waals surface area contributed by atoms with E-state index in [0.29, 0.717) is 19.3 Å². The number of hydrogen-bond acceptors (Lipinski definition) is 15. The van der Waals surface area contributed by atoms with E-state index in [2.05, 4.69) is 10.5 Å². The van der Waals surface area contributed by atoms with Gasteiger partial charge in [-0.3, -0.25) is 28.9 Å². The molecule has 17 heteroatoms. The van der Waals surface area contributed by atoms with Crippen LogP contribution in [-0.2, 0) is 30.3 Å². The quantitative estimate of drug-likeness (QED) is 0.0434. The Labute approximate surface area is 309 Å². The molecule has 8 N–H and O–H groups in total. The van der Waals surface area contributed by atoms with Crippen molar-refractivity contribution in [2.45, 2.75) is 88.1 Å². The van der Waals surface area contributed by atoms with Crippen LogP contribution in [0.1, 0.15) is 94.5 Å². The summed E-state index contributed by atoms with van der Waals surface area (Å²) < 4.78 is 17.4. The zero-order valence-electron chi connectivity index (χ0n) is 29.6. The van der Waals surface area contributed by atoms with Crippen molar-refractivity contribution in [1.29, 1.82) is 0 Å².